The Bertz CT molecular complexity index is 747. The van der Waals surface area contributed by atoms with E-state index in [0.29, 0.717) is 4.90 Å². The molecule has 0 aliphatic carbocycles. The van der Waals surface area contributed by atoms with Crippen molar-refractivity contribution < 1.29 is 27.4 Å². The van der Waals surface area contributed by atoms with Gasteiger partial charge >= 0.3 is 12.1 Å². The number of benzene rings is 2. The zero-order chi connectivity index (χ0) is 17.2. The summed E-state index contributed by atoms with van der Waals surface area (Å²) in [6, 6.07) is 7.10. The summed E-state index contributed by atoms with van der Waals surface area (Å²) in [6.07, 6.45) is -4.49. The molecule has 0 heterocycles. The molecule has 3 nitrogen and oxygen atoms in total. The fraction of sp³-hybridized carbons (Fsp3) is 0.133. The van der Waals surface area contributed by atoms with Gasteiger partial charge in [-0.05, 0) is 36.4 Å². The molecule has 0 saturated heterocycles. The maximum atomic E-state index is 12.6. The second-order valence-electron chi connectivity index (χ2n) is 4.42. The first-order valence-corrected chi connectivity index (χ1v) is 7.01. The summed E-state index contributed by atoms with van der Waals surface area (Å²) in [5, 5.41) is -0.200. The molecule has 2 aromatic rings. The number of esters is 1. The van der Waals surface area contributed by atoms with Gasteiger partial charge in [0.05, 0.1) is 23.3 Å². The third kappa shape index (κ3) is 4.11. The zero-order valence-electron chi connectivity index (χ0n) is 11.6. The standard InChI is InChI=1S/C15H10ClF3O3S/c1-21-14(20)10-7-9(3-5-13(10)23)22-12-4-2-8(6-11(12)16)15(17,18)19/h2-7,23H,1H3. The molecule has 2 rings (SSSR count). The van der Waals surface area contributed by atoms with E-state index < -0.39 is 17.7 Å². The Morgan fingerprint density at radius 3 is 2.43 bits per heavy atom. The molecule has 0 aliphatic heterocycles. The van der Waals surface area contributed by atoms with E-state index >= 15 is 0 Å². The number of carbonyl (C=O) groups is 1. The van der Waals surface area contributed by atoms with E-state index in [0.717, 1.165) is 18.2 Å². The van der Waals surface area contributed by atoms with Gasteiger partial charge in [0, 0.05) is 4.90 Å². The van der Waals surface area contributed by atoms with Crippen LogP contribution in [0.15, 0.2) is 41.3 Å². The maximum absolute atomic E-state index is 12.6. The van der Waals surface area contributed by atoms with Crippen LogP contribution in [0.3, 0.4) is 0 Å². The molecule has 8 heteroatoms. The van der Waals surface area contributed by atoms with Crippen LogP contribution < -0.4 is 4.74 Å². The first kappa shape index (κ1) is 17.5. The Labute approximate surface area is 140 Å². The van der Waals surface area contributed by atoms with Crippen LogP contribution in [-0.4, -0.2) is 13.1 Å². The molecule has 2 aromatic carbocycles. The van der Waals surface area contributed by atoms with Crippen molar-refractivity contribution in [3.05, 3.63) is 52.5 Å². The van der Waals surface area contributed by atoms with Gasteiger partial charge in [0.1, 0.15) is 11.5 Å². The summed E-state index contributed by atoms with van der Waals surface area (Å²) < 4.78 is 47.8. The van der Waals surface area contributed by atoms with E-state index in [1.165, 1.54) is 25.3 Å². The average Bonchev–Trinajstić information content (AvgIpc) is 2.49. The van der Waals surface area contributed by atoms with Crippen LogP contribution in [0.1, 0.15) is 15.9 Å². The van der Waals surface area contributed by atoms with Gasteiger partial charge in [-0.25, -0.2) is 4.79 Å². The van der Waals surface area contributed by atoms with Gasteiger partial charge in [0.15, 0.2) is 0 Å². The van der Waals surface area contributed by atoms with Gasteiger partial charge in [-0.3, -0.25) is 0 Å². The van der Waals surface area contributed by atoms with Crippen LogP contribution in [0.2, 0.25) is 5.02 Å². The van der Waals surface area contributed by atoms with Crippen molar-refractivity contribution in [1.29, 1.82) is 0 Å². The first-order chi connectivity index (χ1) is 10.7. The molecule has 0 aromatic heterocycles. The molecule has 0 spiro atoms. The van der Waals surface area contributed by atoms with E-state index in [4.69, 9.17) is 16.3 Å². The van der Waals surface area contributed by atoms with Crippen LogP contribution in [0.4, 0.5) is 13.2 Å². The lowest BCUT2D eigenvalue weighted by atomic mass is 10.2. The lowest BCUT2D eigenvalue weighted by Crippen LogP contribution is -2.05. The summed E-state index contributed by atoms with van der Waals surface area (Å²) in [4.78, 5) is 12.0. The molecule has 0 saturated carbocycles. The van der Waals surface area contributed by atoms with Crippen LogP contribution in [-0.2, 0) is 10.9 Å². The van der Waals surface area contributed by atoms with Crippen molar-refractivity contribution in [3.63, 3.8) is 0 Å². The molecular weight excluding hydrogens is 353 g/mol. The van der Waals surface area contributed by atoms with Gasteiger partial charge in [-0.15, -0.1) is 12.6 Å². The average molecular weight is 363 g/mol. The lowest BCUT2D eigenvalue weighted by molar-refractivity contribution is -0.137. The Morgan fingerprint density at radius 2 is 1.87 bits per heavy atom. The third-order valence-corrected chi connectivity index (χ3v) is 3.55. The topological polar surface area (TPSA) is 35.5 Å². The normalized spacial score (nSPS) is 11.2. The van der Waals surface area contributed by atoms with Crippen molar-refractivity contribution in [2.75, 3.05) is 7.11 Å². The predicted octanol–water partition coefficient (Wildman–Crippen LogP) is 5.23. The van der Waals surface area contributed by atoms with E-state index in [2.05, 4.69) is 17.4 Å². The quantitative estimate of drug-likeness (QED) is 0.600. The minimum absolute atomic E-state index is 0.0300. The van der Waals surface area contributed by atoms with E-state index in [-0.39, 0.29) is 22.1 Å². The van der Waals surface area contributed by atoms with Crippen molar-refractivity contribution in [1.82, 2.24) is 0 Å². The molecule has 0 N–H and O–H groups in total. The molecule has 0 radical (unpaired) electrons. The SMILES string of the molecule is COC(=O)c1cc(Oc2ccc(C(F)(F)F)cc2Cl)ccc1S. The summed E-state index contributed by atoms with van der Waals surface area (Å²) in [6.45, 7) is 0. The van der Waals surface area contributed by atoms with Gasteiger partial charge < -0.3 is 9.47 Å². The number of hydrogen-bond donors (Lipinski definition) is 1. The van der Waals surface area contributed by atoms with E-state index in [1.54, 1.807) is 0 Å². The lowest BCUT2D eigenvalue weighted by Gasteiger charge is -2.12. The minimum Gasteiger partial charge on any atom is -0.465 e. The van der Waals surface area contributed by atoms with Crippen molar-refractivity contribution in [2.45, 2.75) is 11.1 Å². The highest BCUT2D eigenvalue weighted by Gasteiger charge is 2.31. The molecule has 122 valence electrons. The number of thiol groups is 1. The maximum Gasteiger partial charge on any atom is 0.416 e. The second-order valence-corrected chi connectivity index (χ2v) is 5.30. The number of hydrogen-bond acceptors (Lipinski definition) is 4. The van der Waals surface area contributed by atoms with E-state index in [9.17, 15) is 18.0 Å². The zero-order valence-corrected chi connectivity index (χ0v) is 13.3. The summed E-state index contributed by atoms with van der Waals surface area (Å²) in [5.74, 6) is -0.369. The molecule has 0 aliphatic rings. The number of ether oxygens (including phenoxy) is 2. The van der Waals surface area contributed by atoms with Gasteiger partial charge in [0.2, 0.25) is 0 Å². The smallest absolute Gasteiger partial charge is 0.416 e. The van der Waals surface area contributed by atoms with Crippen molar-refractivity contribution in [2.24, 2.45) is 0 Å². The third-order valence-electron chi connectivity index (χ3n) is 2.86. The predicted molar refractivity (Wildman–Crippen MR) is 81.6 cm³/mol. The van der Waals surface area contributed by atoms with Crippen LogP contribution >= 0.6 is 24.2 Å². The molecule has 0 unspecified atom stereocenters. The molecule has 0 amide bonds. The molecular formula is C15H10ClF3O3S. The Morgan fingerprint density at radius 1 is 1.17 bits per heavy atom. The highest BCUT2D eigenvalue weighted by Crippen LogP contribution is 2.36. The summed E-state index contributed by atoms with van der Waals surface area (Å²) in [5.41, 5.74) is -0.716. The van der Waals surface area contributed by atoms with Crippen LogP contribution in [0.25, 0.3) is 0 Å². The minimum atomic E-state index is -4.49. The van der Waals surface area contributed by atoms with Gasteiger partial charge in [-0.2, -0.15) is 13.2 Å². The van der Waals surface area contributed by atoms with Crippen LogP contribution in [0.5, 0.6) is 11.5 Å². The van der Waals surface area contributed by atoms with Gasteiger partial charge in [-0.1, -0.05) is 11.6 Å². The molecule has 0 fully saturated rings. The Balaban J connectivity index is 2.31. The largest absolute Gasteiger partial charge is 0.465 e. The Hall–Kier alpha value is -1.86. The fourth-order valence-corrected chi connectivity index (χ4v) is 2.19. The molecule has 0 bridgehead atoms. The highest BCUT2D eigenvalue weighted by atomic mass is 35.5. The number of halogens is 4. The number of alkyl halides is 3. The van der Waals surface area contributed by atoms with Gasteiger partial charge in [0.25, 0.3) is 0 Å². The van der Waals surface area contributed by atoms with Crippen LogP contribution in [0, 0.1) is 0 Å². The molecule has 0 atom stereocenters. The van der Waals surface area contributed by atoms with Crippen molar-refractivity contribution in [3.8, 4) is 11.5 Å². The van der Waals surface area contributed by atoms with E-state index in [1.807, 2.05) is 0 Å². The van der Waals surface area contributed by atoms with Crippen molar-refractivity contribution >= 4 is 30.2 Å². The first-order valence-electron chi connectivity index (χ1n) is 6.18. The number of carbonyl (C=O) groups excluding carboxylic acids is 1. The second kappa shape index (κ2) is 6.72. The summed E-state index contributed by atoms with van der Waals surface area (Å²) >= 11 is 9.94. The number of rotatable bonds is 3. The Kier molecular flexibility index (Phi) is 5.11. The highest BCUT2D eigenvalue weighted by molar-refractivity contribution is 7.80. The summed E-state index contributed by atoms with van der Waals surface area (Å²) in [7, 11) is 1.22. The fourth-order valence-electron chi connectivity index (χ4n) is 1.74. The monoisotopic (exact) mass is 362 g/mol. The molecule has 23 heavy (non-hydrogen) atoms. The number of methoxy groups -OCH3 is 1.